The maximum Gasteiger partial charge on any atom is 0.241 e. The minimum absolute atomic E-state index is 0.123. The molecule has 1 fully saturated rings. The second kappa shape index (κ2) is 11.2. The molecular formula is C22H33N3O5S. The van der Waals surface area contributed by atoms with E-state index >= 15 is 0 Å². The maximum absolute atomic E-state index is 12.6. The van der Waals surface area contributed by atoms with E-state index < -0.39 is 28.3 Å². The van der Waals surface area contributed by atoms with Crippen LogP contribution >= 0.6 is 0 Å². The van der Waals surface area contributed by atoms with Crippen LogP contribution in [0.5, 0.6) is 0 Å². The fraction of sp³-hybridized carbons (Fsp3) is 0.591. The van der Waals surface area contributed by atoms with Crippen LogP contribution in [-0.4, -0.2) is 75.4 Å². The maximum atomic E-state index is 12.6. The summed E-state index contributed by atoms with van der Waals surface area (Å²) in [6.45, 7) is 5.13. The number of hydrogen-bond acceptors (Lipinski definition) is 6. The number of amides is 1. The van der Waals surface area contributed by atoms with Crippen LogP contribution in [0.25, 0.3) is 0 Å². The summed E-state index contributed by atoms with van der Waals surface area (Å²) < 4.78 is 33.6. The number of aliphatic hydroxyl groups is 1. The second-order valence-electron chi connectivity index (χ2n) is 8.20. The number of likely N-dealkylation sites (tertiary alicyclic amines) is 1. The molecule has 1 aromatic carbocycles. The van der Waals surface area contributed by atoms with E-state index in [1.54, 1.807) is 24.3 Å². The molecule has 2 aliphatic rings. The van der Waals surface area contributed by atoms with Crippen molar-refractivity contribution in [3.8, 4) is 0 Å². The molecule has 0 aromatic heterocycles. The van der Waals surface area contributed by atoms with Gasteiger partial charge in [0.25, 0.3) is 0 Å². The average molecular weight is 452 g/mol. The first kappa shape index (κ1) is 23.9. The molecule has 2 heterocycles. The number of nitrogens with zero attached hydrogens (tertiary/aromatic N) is 1. The lowest BCUT2D eigenvalue weighted by Crippen LogP contribution is -2.49. The number of benzene rings is 1. The number of piperidine rings is 1. The van der Waals surface area contributed by atoms with Gasteiger partial charge < -0.3 is 20.1 Å². The minimum Gasteiger partial charge on any atom is -0.394 e. The summed E-state index contributed by atoms with van der Waals surface area (Å²) in [5, 5.41) is 12.6. The molecule has 3 N–H and O–H groups in total. The number of carbonyl (C=O) groups excluding carboxylic acids is 1. The molecule has 1 saturated heterocycles. The van der Waals surface area contributed by atoms with Gasteiger partial charge in [0.2, 0.25) is 15.9 Å². The van der Waals surface area contributed by atoms with Gasteiger partial charge in [-0.15, -0.1) is 0 Å². The zero-order chi connectivity index (χ0) is 22.3. The Morgan fingerprint density at radius 2 is 1.87 bits per heavy atom. The quantitative estimate of drug-likeness (QED) is 0.483. The Kier molecular flexibility index (Phi) is 8.62. The minimum atomic E-state index is -3.76. The SMILES string of the molecule is Cc1ccc(S(=O)(=O)N[C@@H]2C=C[C@@H](CC(=O)NCCN3CCCCC3)O[C@H]2CO)cc1. The lowest BCUT2D eigenvalue weighted by Gasteiger charge is -2.31. The topological polar surface area (TPSA) is 108 Å². The van der Waals surface area contributed by atoms with E-state index in [1.807, 2.05) is 6.92 Å². The highest BCUT2D eigenvalue weighted by Gasteiger charge is 2.31. The number of sulfonamides is 1. The standard InChI is InChI=1S/C22H33N3O5S/c1-17-5-8-19(9-6-17)31(28,29)24-20-10-7-18(30-21(20)16-26)15-22(27)23-11-14-25-12-3-2-4-13-25/h5-10,18,20-21,24,26H,2-4,11-16H2,1H3,(H,23,27)/t18-,20+,21-/m0/s1. The Morgan fingerprint density at radius 1 is 1.16 bits per heavy atom. The molecular weight excluding hydrogens is 418 g/mol. The van der Waals surface area contributed by atoms with Gasteiger partial charge in [-0.2, -0.15) is 0 Å². The van der Waals surface area contributed by atoms with Gasteiger partial charge in [0.05, 0.1) is 30.1 Å². The zero-order valence-electron chi connectivity index (χ0n) is 18.0. The number of carbonyl (C=O) groups is 1. The van der Waals surface area contributed by atoms with Gasteiger partial charge >= 0.3 is 0 Å². The van der Waals surface area contributed by atoms with E-state index in [-0.39, 0.29) is 23.8 Å². The third-order valence-electron chi connectivity index (χ3n) is 5.67. The van der Waals surface area contributed by atoms with E-state index in [9.17, 15) is 18.3 Å². The van der Waals surface area contributed by atoms with Gasteiger partial charge in [0.1, 0.15) is 6.10 Å². The van der Waals surface area contributed by atoms with Gasteiger partial charge in [-0.25, -0.2) is 13.1 Å². The van der Waals surface area contributed by atoms with Gasteiger partial charge in [0.15, 0.2) is 0 Å². The van der Waals surface area contributed by atoms with E-state index in [2.05, 4.69) is 14.9 Å². The molecule has 0 spiro atoms. The molecule has 3 rings (SSSR count). The number of ether oxygens (including phenoxy) is 1. The van der Waals surface area contributed by atoms with E-state index in [4.69, 9.17) is 4.74 Å². The molecule has 2 aliphatic heterocycles. The summed E-state index contributed by atoms with van der Waals surface area (Å²) in [6, 6.07) is 5.82. The van der Waals surface area contributed by atoms with Gasteiger partial charge in [-0.1, -0.05) is 36.3 Å². The first-order valence-electron chi connectivity index (χ1n) is 10.9. The molecule has 8 nitrogen and oxygen atoms in total. The van der Waals surface area contributed by atoms with Crippen molar-refractivity contribution in [2.75, 3.05) is 32.8 Å². The number of nitrogens with one attached hydrogen (secondary N) is 2. The second-order valence-corrected chi connectivity index (χ2v) is 9.91. The van der Waals surface area contributed by atoms with Crippen molar-refractivity contribution in [1.29, 1.82) is 0 Å². The summed E-state index contributed by atoms with van der Waals surface area (Å²) in [4.78, 5) is 14.8. The van der Waals surface area contributed by atoms with Crippen LogP contribution < -0.4 is 10.0 Å². The average Bonchev–Trinajstić information content (AvgIpc) is 2.75. The summed E-state index contributed by atoms with van der Waals surface area (Å²) in [7, 11) is -3.76. The van der Waals surface area contributed by atoms with E-state index in [0.29, 0.717) is 6.54 Å². The van der Waals surface area contributed by atoms with Crippen molar-refractivity contribution in [3.63, 3.8) is 0 Å². The van der Waals surface area contributed by atoms with Crippen LogP contribution in [0, 0.1) is 6.92 Å². The number of hydrogen-bond donors (Lipinski definition) is 3. The fourth-order valence-corrected chi connectivity index (χ4v) is 5.09. The molecule has 31 heavy (non-hydrogen) atoms. The zero-order valence-corrected chi connectivity index (χ0v) is 18.8. The summed E-state index contributed by atoms with van der Waals surface area (Å²) in [5.41, 5.74) is 0.963. The fourth-order valence-electron chi connectivity index (χ4n) is 3.87. The Balaban J connectivity index is 1.50. The molecule has 0 radical (unpaired) electrons. The third-order valence-corrected chi connectivity index (χ3v) is 7.15. The molecule has 3 atom stereocenters. The van der Waals surface area contributed by atoms with Crippen LogP contribution in [-0.2, 0) is 19.6 Å². The highest BCUT2D eigenvalue weighted by Crippen LogP contribution is 2.18. The molecule has 0 saturated carbocycles. The Morgan fingerprint density at radius 3 is 2.55 bits per heavy atom. The molecule has 9 heteroatoms. The van der Waals surface area contributed by atoms with Crippen molar-refractivity contribution in [2.45, 2.75) is 55.8 Å². The summed E-state index contributed by atoms with van der Waals surface area (Å²) in [5.74, 6) is -0.123. The third kappa shape index (κ3) is 7.11. The predicted octanol–water partition coefficient (Wildman–Crippen LogP) is 0.950. The van der Waals surface area contributed by atoms with Crippen LogP contribution in [0.2, 0.25) is 0 Å². The number of aryl methyl sites for hydroxylation is 1. The van der Waals surface area contributed by atoms with Crippen LogP contribution in [0.15, 0.2) is 41.3 Å². The van der Waals surface area contributed by atoms with Crippen LogP contribution in [0.4, 0.5) is 0 Å². The first-order chi connectivity index (χ1) is 14.9. The Hall–Kier alpha value is -1.78. The van der Waals surface area contributed by atoms with Crippen LogP contribution in [0.3, 0.4) is 0 Å². The Bertz CT molecular complexity index is 850. The molecule has 0 bridgehead atoms. The van der Waals surface area contributed by atoms with Crippen molar-refractivity contribution in [1.82, 2.24) is 14.9 Å². The molecule has 172 valence electrons. The number of rotatable bonds is 9. The van der Waals surface area contributed by atoms with Gasteiger partial charge in [-0.05, 0) is 45.0 Å². The lowest BCUT2D eigenvalue weighted by atomic mass is 10.1. The van der Waals surface area contributed by atoms with Gasteiger partial charge in [-0.3, -0.25) is 4.79 Å². The normalized spacial score (nSPS) is 24.8. The Labute approximate surface area is 184 Å². The van der Waals surface area contributed by atoms with Gasteiger partial charge in [0, 0.05) is 13.1 Å². The smallest absolute Gasteiger partial charge is 0.241 e. The van der Waals surface area contributed by atoms with E-state index in [0.717, 1.165) is 25.2 Å². The highest BCUT2D eigenvalue weighted by molar-refractivity contribution is 7.89. The molecule has 1 amide bonds. The molecule has 1 aromatic rings. The predicted molar refractivity (Wildman–Crippen MR) is 118 cm³/mol. The highest BCUT2D eigenvalue weighted by atomic mass is 32.2. The lowest BCUT2D eigenvalue weighted by molar-refractivity contribution is -0.125. The van der Waals surface area contributed by atoms with Crippen molar-refractivity contribution >= 4 is 15.9 Å². The van der Waals surface area contributed by atoms with Crippen molar-refractivity contribution in [2.24, 2.45) is 0 Å². The van der Waals surface area contributed by atoms with Crippen LogP contribution in [0.1, 0.15) is 31.2 Å². The van der Waals surface area contributed by atoms with Crippen molar-refractivity contribution in [3.05, 3.63) is 42.0 Å². The largest absolute Gasteiger partial charge is 0.394 e. The molecule has 0 unspecified atom stereocenters. The molecule has 0 aliphatic carbocycles. The van der Waals surface area contributed by atoms with E-state index in [1.165, 1.54) is 31.4 Å². The van der Waals surface area contributed by atoms with Crippen molar-refractivity contribution < 1.29 is 23.1 Å². The summed E-state index contributed by atoms with van der Waals surface area (Å²) in [6.07, 6.45) is 5.90. The first-order valence-corrected chi connectivity index (χ1v) is 12.4. The monoisotopic (exact) mass is 451 g/mol. The summed E-state index contributed by atoms with van der Waals surface area (Å²) >= 11 is 0. The number of aliphatic hydroxyl groups excluding tert-OH is 1.